The molecule has 0 saturated heterocycles. The molecular formula is C16H22N2O. The van der Waals surface area contributed by atoms with Crippen molar-refractivity contribution < 1.29 is 4.42 Å². The van der Waals surface area contributed by atoms with Crippen molar-refractivity contribution in [2.75, 3.05) is 6.54 Å². The Labute approximate surface area is 115 Å². The third kappa shape index (κ3) is 3.93. The lowest BCUT2D eigenvalue weighted by atomic mass is 10.0. The average Bonchev–Trinajstić information content (AvgIpc) is 2.86. The molecule has 0 saturated carbocycles. The first-order valence-corrected chi connectivity index (χ1v) is 6.97. The number of nitrogens with zero attached hydrogens (tertiary/aromatic N) is 1. The van der Waals surface area contributed by atoms with Gasteiger partial charge in [0.15, 0.2) is 6.39 Å². The maximum absolute atomic E-state index is 5.51. The van der Waals surface area contributed by atoms with Crippen molar-refractivity contribution in [1.29, 1.82) is 0 Å². The van der Waals surface area contributed by atoms with Crippen molar-refractivity contribution in [1.82, 2.24) is 10.3 Å². The Morgan fingerprint density at radius 3 is 2.84 bits per heavy atom. The first kappa shape index (κ1) is 13.8. The van der Waals surface area contributed by atoms with E-state index in [0.717, 1.165) is 43.8 Å². The number of aromatic nitrogens is 1. The third-order valence-electron chi connectivity index (χ3n) is 3.33. The molecule has 3 nitrogen and oxygen atoms in total. The second-order valence-electron chi connectivity index (χ2n) is 4.83. The largest absolute Gasteiger partial charge is 0.448 e. The lowest BCUT2D eigenvalue weighted by Gasteiger charge is -2.05. The van der Waals surface area contributed by atoms with Gasteiger partial charge < -0.3 is 9.73 Å². The number of hydrogen-bond acceptors (Lipinski definition) is 3. The van der Waals surface area contributed by atoms with Gasteiger partial charge in [-0.3, -0.25) is 0 Å². The van der Waals surface area contributed by atoms with Gasteiger partial charge in [0.25, 0.3) is 0 Å². The summed E-state index contributed by atoms with van der Waals surface area (Å²) < 4.78 is 5.51. The maximum Gasteiger partial charge on any atom is 0.181 e. The van der Waals surface area contributed by atoms with Crippen LogP contribution in [0.5, 0.6) is 0 Å². The monoisotopic (exact) mass is 258 g/mol. The zero-order chi connectivity index (χ0) is 13.5. The molecule has 1 aromatic heterocycles. The molecule has 1 N–H and O–H groups in total. The average molecular weight is 258 g/mol. The first-order valence-electron chi connectivity index (χ1n) is 6.97. The van der Waals surface area contributed by atoms with E-state index < -0.39 is 0 Å². The molecule has 0 aliphatic carbocycles. The van der Waals surface area contributed by atoms with Gasteiger partial charge in [0.1, 0.15) is 5.76 Å². The predicted molar refractivity (Wildman–Crippen MR) is 77.1 cm³/mol. The van der Waals surface area contributed by atoms with Crippen LogP contribution in [0.4, 0.5) is 0 Å². The fourth-order valence-corrected chi connectivity index (χ4v) is 2.16. The van der Waals surface area contributed by atoms with E-state index in [2.05, 4.69) is 48.4 Å². The molecule has 1 heterocycles. The minimum absolute atomic E-state index is 0.799. The van der Waals surface area contributed by atoms with Gasteiger partial charge in [-0.05, 0) is 37.4 Å². The Kier molecular flexibility index (Phi) is 5.16. The van der Waals surface area contributed by atoms with Crippen LogP contribution in [0, 0.1) is 6.92 Å². The quantitative estimate of drug-likeness (QED) is 0.775. The van der Waals surface area contributed by atoms with E-state index >= 15 is 0 Å². The molecule has 0 amide bonds. The van der Waals surface area contributed by atoms with Gasteiger partial charge in [0.2, 0.25) is 0 Å². The molecular weight excluding hydrogens is 236 g/mol. The van der Waals surface area contributed by atoms with Crippen LogP contribution in [-0.2, 0) is 19.4 Å². The number of aryl methyl sites for hydroxylation is 3. The number of rotatable bonds is 7. The van der Waals surface area contributed by atoms with Crippen molar-refractivity contribution >= 4 is 0 Å². The van der Waals surface area contributed by atoms with Gasteiger partial charge in [-0.15, -0.1) is 0 Å². The standard InChI is InChI=1S/C16H22N2O/c1-3-10-17-11-15-16(19-12-18-15)9-8-14-7-5-4-6-13(14)2/h4-7,12,17H,3,8-11H2,1-2H3. The molecule has 0 unspecified atom stereocenters. The number of benzene rings is 1. The highest BCUT2D eigenvalue weighted by atomic mass is 16.3. The molecule has 3 heteroatoms. The van der Waals surface area contributed by atoms with Gasteiger partial charge in [-0.25, -0.2) is 4.98 Å². The number of nitrogens with one attached hydrogen (secondary N) is 1. The summed E-state index contributed by atoms with van der Waals surface area (Å²) in [5, 5.41) is 3.36. The highest BCUT2D eigenvalue weighted by Crippen LogP contribution is 2.14. The second kappa shape index (κ2) is 7.10. The Hall–Kier alpha value is -1.61. The van der Waals surface area contributed by atoms with E-state index in [1.54, 1.807) is 6.39 Å². The zero-order valence-electron chi connectivity index (χ0n) is 11.8. The van der Waals surface area contributed by atoms with E-state index in [-0.39, 0.29) is 0 Å². The minimum atomic E-state index is 0.799. The summed E-state index contributed by atoms with van der Waals surface area (Å²) in [5.41, 5.74) is 3.76. The molecule has 0 atom stereocenters. The summed E-state index contributed by atoms with van der Waals surface area (Å²) >= 11 is 0. The van der Waals surface area contributed by atoms with Crippen molar-refractivity contribution in [2.24, 2.45) is 0 Å². The Morgan fingerprint density at radius 2 is 2.05 bits per heavy atom. The van der Waals surface area contributed by atoms with Gasteiger partial charge in [-0.1, -0.05) is 31.2 Å². The summed E-state index contributed by atoms with van der Waals surface area (Å²) in [6, 6.07) is 8.50. The highest BCUT2D eigenvalue weighted by molar-refractivity contribution is 5.26. The SMILES string of the molecule is CCCNCc1ncoc1CCc1ccccc1C. The van der Waals surface area contributed by atoms with Gasteiger partial charge in [0, 0.05) is 13.0 Å². The first-order chi connectivity index (χ1) is 9.31. The van der Waals surface area contributed by atoms with Crippen LogP contribution in [-0.4, -0.2) is 11.5 Å². The Balaban J connectivity index is 1.93. The molecule has 19 heavy (non-hydrogen) atoms. The minimum Gasteiger partial charge on any atom is -0.448 e. The van der Waals surface area contributed by atoms with Crippen molar-refractivity contribution in [3.63, 3.8) is 0 Å². The molecule has 0 aliphatic rings. The zero-order valence-corrected chi connectivity index (χ0v) is 11.8. The summed E-state index contributed by atoms with van der Waals surface area (Å²) in [6.45, 7) is 6.13. The molecule has 1 aromatic carbocycles. The normalized spacial score (nSPS) is 10.8. The van der Waals surface area contributed by atoms with E-state index in [0.29, 0.717) is 0 Å². The van der Waals surface area contributed by atoms with E-state index in [4.69, 9.17) is 4.42 Å². The van der Waals surface area contributed by atoms with Crippen LogP contribution in [0.15, 0.2) is 35.1 Å². The van der Waals surface area contributed by atoms with Gasteiger partial charge in [-0.2, -0.15) is 0 Å². The second-order valence-corrected chi connectivity index (χ2v) is 4.83. The summed E-state index contributed by atoms with van der Waals surface area (Å²) in [6.07, 6.45) is 4.60. The third-order valence-corrected chi connectivity index (χ3v) is 3.33. The molecule has 0 spiro atoms. The predicted octanol–water partition coefficient (Wildman–Crippen LogP) is 3.27. The van der Waals surface area contributed by atoms with Crippen LogP contribution < -0.4 is 5.32 Å². The van der Waals surface area contributed by atoms with Crippen molar-refractivity contribution in [2.45, 2.75) is 39.7 Å². The van der Waals surface area contributed by atoms with Crippen LogP contribution in [0.2, 0.25) is 0 Å². The Morgan fingerprint density at radius 1 is 1.21 bits per heavy atom. The Bertz CT molecular complexity index is 505. The van der Waals surface area contributed by atoms with E-state index in [9.17, 15) is 0 Å². The van der Waals surface area contributed by atoms with Gasteiger partial charge in [0.05, 0.1) is 5.69 Å². The van der Waals surface area contributed by atoms with Crippen LogP contribution in [0.1, 0.15) is 35.9 Å². The summed E-state index contributed by atoms with van der Waals surface area (Å²) in [7, 11) is 0. The smallest absolute Gasteiger partial charge is 0.181 e. The fourth-order valence-electron chi connectivity index (χ4n) is 2.16. The number of hydrogen-bond donors (Lipinski definition) is 1. The highest BCUT2D eigenvalue weighted by Gasteiger charge is 2.08. The topological polar surface area (TPSA) is 38.1 Å². The lowest BCUT2D eigenvalue weighted by Crippen LogP contribution is -2.15. The lowest BCUT2D eigenvalue weighted by molar-refractivity contribution is 0.497. The molecule has 102 valence electrons. The van der Waals surface area contributed by atoms with E-state index in [1.807, 2.05) is 0 Å². The van der Waals surface area contributed by atoms with Crippen molar-refractivity contribution in [3.8, 4) is 0 Å². The molecule has 2 aromatic rings. The molecule has 0 fully saturated rings. The molecule has 0 bridgehead atoms. The molecule has 2 rings (SSSR count). The van der Waals surface area contributed by atoms with Crippen LogP contribution >= 0.6 is 0 Å². The van der Waals surface area contributed by atoms with Crippen LogP contribution in [0.3, 0.4) is 0 Å². The molecule has 0 aliphatic heterocycles. The summed E-state index contributed by atoms with van der Waals surface area (Å²) in [4.78, 5) is 4.29. The molecule has 0 radical (unpaired) electrons. The van der Waals surface area contributed by atoms with Gasteiger partial charge >= 0.3 is 0 Å². The number of oxazole rings is 1. The van der Waals surface area contributed by atoms with Crippen LogP contribution in [0.25, 0.3) is 0 Å². The summed E-state index contributed by atoms with van der Waals surface area (Å²) in [5.74, 6) is 1.01. The van der Waals surface area contributed by atoms with E-state index in [1.165, 1.54) is 11.1 Å². The maximum atomic E-state index is 5.51. The fraction of sp³-hybridized carbons (Fsp3) is 0.438. The van der Waals surface area contributed by atoms with Crippen molar-refractivity contribution in [3.05, 3.63) is 53.2 Å².